The van der Waals surface area contributed by atoms with Gasteiger partial charge in [-0.25, -0.2) is 14.8 Å². The number of likely N-dealkylation sites (tertiary alicyclic amines) is 1. The van der Waals surface area contributed by atoms with Crippen LogP contribution in [0.25, 0.3) is 0 Å². The van der Waals surface area contributed by atoms with E-state index in [-0.39, 0.29) is 17.9 Å². The van der Waals surface area contributed by atoms with Crippen molar-refractivity contribution in [2.24, 2.45) is 5.92 Å². The van der Waals surface area contributed by atoms with Gasteiger partial charge in [0, 0.05) is 44.2 Å². The Hall–Kier alpha value is -3.36. The summed E-state index contributed by atoms with van der Waals surface area (Å²) in [6, 6.07) is 11.4. The number of carbonyl (C=O) groups is 2. The summed E-state index contributed by atoms with van der Waals surface area (Å²) in [7, 11) is 0. The normalized spacial score (nSPS) is 17.7. The fraction of sp³-hybridized carbons (Fsp3) is 0.538. The molecule has 0 atom stereocenters. The molecule has 188 valence electrons. The van der Waals surface area contributed by atoms with Crippen LogP contribution in [-0.4, -0.2) is 64.7 Å². The highest BCUT2D eigenvalue weighted by molar-refractivity contribution is 5.79. The lowest BCUT2D eigenvalue weighted by molar-refractivity contribution is -0.137. The number of rotatable bonds is 5. The molecule has 2 aromatic rings. The van der Waals surface area contributed by atoms with E-state index in [4.69, 9.17) is 9.47 Å². The SMILES string of the molecule is CC(C)(C)OC(=O)NC1CCN(C(=O)C2CCN(c3cc(Oc4ccccc4)ncn3)CC2)CC1. The fourth-order valence-corrected chi connectivity index (χ4v) is 4.50. The van der Waals surface area contributed by atoms with Gasteiger partial charge in [-0.05, 0) is 58.6 Å². The maximum absolute atomic E-state index is 13.1. The standard InChI is InChI=1S/C26H35N5O4/c1-26(2,3)35-25(33)29-20-11-15-31(16-12-20)24(32)19-9-13-30(14-10-19)22-17-23(28-18-27-22)34-21-7-5-4-6-8-21/h4-8,17-20H,9-16H2,1-3H3,(H,29,33). The average Bonchev–Trinajstić information content (AvgIpc) is 2.84. The third kappa shape index (κ3) is 7.07. The van der Waals surface area contributed by atoms with Crippen LogP contribution in [0.4, 0.5) is 10.6 Å². The molecule has 0 saturated carbocycles. The van der Waals surface area contributed by atoms with Gasteiger partial charge < -0.3 is 24.6 Å². The molecule has 35 heavy (non-hydrogen) atoms. The molecule has 3 heterocycles. The highest BCUT2D eigenvalue weighted by Crippen LogP contribution is 2.27. The quantitative estimate of drug-likeness (QED) is 0.689. The lowest BCUT2D eigenvalue weighted by atomic mass is 9.94. The van der Waals surface area contributed by atoms with Crippen molar-refractivity contribution in [2.75, 3.05) is 31.1 Å². The number of hydrogen-bond acceptors (Lipinski definition) is 7. The summed E-state index contributed by atoms with van der Waals surface area (Å²) in [5.41, 5.74) is -0.516. The predicted molar refractivity (Wildman–Crippen MR) is 132 cm³/mol. The van der Waals surface area contributed by atoms with E-state index in [2.05, 4.69) is 20.2 Å². The van der Waals surface area contributed by atoms with E-state index in [1.54, 1.807) is 0 Å². The Labute approximate surface area is 206 Å². The highest BCUT2D eigenvalue weighted by atomic mass is 16.6. The summed E-state index contributed by atoms with van der Waals surface area (Å²) in [5, 5.41) is 2.93. The van der Waals surface area contributed by atoms with E-state index in [9.17, 15) is 9.59 Å². The van der Waals surface area contributed by atoms with Gasteiger partial charge in [0.15, 0.2) is 0 Å². The number of alkyl carbamates (subject to hydrolysis) is 1. The molecule has 4 rings (SSSR count). The van der Waals surface area contributed by atoms with Crippen LogP contribution in [0.2, 0.25) is 0 Å². The number of aromatic nitrogens is 2. The second kappa shape index (κ2) is 10.9. The number of amides is 2. The van der Waals surface area contributed by atoms with Crippen molar-refractivity contribution in [2.45, 2.75) is 58.1 Å². The fourth-order valence-electron chi connectivity index (χ4n) is 4.50. The first-order chi connectivity index (χ1) is 16.8. The summed E-state index contributed by atoms with van der Waals surface area (Å²) in [6.45, 7) is 8.38. The number of nitrogens with one attached hydrogen (secondary N) is 1. The summed E-state index contributed by atoms with van der Waals surface area (Å²) in [5.74, 6) is 2.28. The van der Waals surface area contributed by atoms with Crippen LogP contribution in [0, 0.1) is 5.92 Å². The lowest BCUT2D eigenvalue weighted by Crippen LogP contribution is -2.50. The summed E-state index contributed by atoms with van der Waals surface area (Å²) >= 11 is 0. The maximum atomic E-state index is 13.1. The first kappa shape index (κ1) is 24.8. The van der Waals surface area contributed by atoms with Crippen molar-refractivity contribution in [3.8, 4) is 11.6 Å². The molecule has 9 nitrogen and oxygen atoms in total. The summed E-state index contributed by atoms with van der Waals surface area (Å²) in [4.78, 5) is 37.9. The Morgan fingerprint density at radius 3 is 2.31 bits per heavy atom. The molecular formula is C26H35N5O4. The van der Waals surface area contributed by atoms with Gasteiger partial charge in [0.25, 0.3) is 0 Å². The largest absolute Gasteiger partial charge is 0.444 e. The monoisotopic (exact) mass is 481 g/mol. The van der Waals surface area contributed by atoms with Crippen molar-refractivity contribution in [3.63, 3.8) is 0 Å². The zero-order valence-electron chi connectivity index (χ0n) is 20.8. The first-order valence-electron chi connectivity index (χ1n) is 12.3. The Balaban J connectivity index is 1.23. The van der Waals surface area contributed by atoms with Crippen molar-refractivity contribution < 1.29 is 19.1 Å². The molecule has 2 amide bonds. The lowest BCUT2D eigenvalue weighted by Gasteiger charge is -2.37. The molecular weight excluding hydrogens is 446 g/mol. The number of piperidine rings is 2. The van der Waals surface area contributed by atoms with E-state index in [1.165, 1.54) is 6.33 Å². The zero-order chi connectivity index (χ0) is 24.8. The van der Waals surface area contributed by atoms with Crippen LogP contribution in [-0.2, 0) is 9.53 Å². The molecule has 2 aliphatic rings. The molecule has 1 aromatic carbocycles. The first-order valence-corrected chi connectivity index (χ1v) is 12.3. The van der Waals surface area contributed by atoms with Gasteiger partial charge in [-0.15, -0.1) is 0 Å². The van der Waals surface area contributed by atoms with Gasteiger partial charge >= 0.3 is 6.09 Å². The number of hydrogen-bond donors (Lipinski definition) is 1. The van der Waals surface area contributed by atoms with Crippen LogP contribution in [0.1, 0.15) is 46.5 Å². The zero-order valence-corrected chi connectivity index (χ0v) is 20.8. The van der Waals surface area contributed by atoms with Crippen molar-refractivity contribution in [3.05, 3.63) is 42.7 Å². The van der Waals surface area contributed by atoms with Crippen LogP contribution in [0.15, 0.2) is 42.7 Å². The van der Waals surface area contributed by atoms with Gasteiger partial charge in [0.05, 0.1) is 0 Å². The van der Waals surface area contributed by atoms with Crippen LogP contribution >= 0.6 is 0 Å². The Bertz CT molecular complexity index is 994. The molecule has 0 aliphatic carbocycles. The number of ether oxygens (including phenoxy) is 2. The van der Waals surface area contributed by atoms with Crippen LogP contribution in [0.3, 0.4) is 0 Å². The molecule has 2 fully saturated rings. The van der Waals surface area contributed by atoms with E-state index >= 15 is 0 Å². The highest BCUT2D eigenvalue weighted by Gasteiger charge is 2.32. The third-order valence-corrected chi connectivity index (χ3v) is 6.29. The van der Waals surface area contributed by atoms with E-state index in [0.717, 1.165) is 50.3 Å². The predicted octanol–water partition coefficient (Wildman–Crippen LogP) is 4.00. The number of anilines is 1. The van der Waals surface area contributed by atoms with Crippen LogP contribution < -0.4 is 15.0 Å². The van der Waals surface area contributed by atoms with Crippen molar-refractivity contribution in [1.29, 1.82) is 0 Å². The van der Waals surface area contributed by atoms with Gasteiger partial charge in [-0.3, -0.25) is 4.79 Å². The molecule has 0 spiro atoms. The maximum Gasteiger partial charge on any atom is 0.407 e. The third-order valence-electron chi connectivity index (χ3n) is 6.29. The van der Waals surface area contributed by atoms with Crippen LogP contribution in [0.5, 0.6) is 11.6 Å². The average molecular weight is 482 g/mol. The second-order valence-electron chi connectivity index (χ2n) is 10.1. The summed E-state index contributed by atoms with van der Waals surface area (Å²) in [6.07, 6.45) is 4.18. The smallest absolute Gasteiger partial charge is 0.407 e. The Morgan fingerprint density at radius 1 is 0.971 bits per heavy atom. The molecule has 0 unspecified atom stereocenters. The van der Waals surface area contributed by atoms with E-state index in [1.807, 2.05) is 62.1 Å². The minimum Gasteiger partial charge on any atom is -0.444 e. The molecule has 2 aliphatic heterocycles. The number of carbonyl (C=O) groups excluding carboxylic acids is 2. The van der Waals surface area contributed by atoms with Gasteiger partial charge in [-0.2, -0.15) is 0 Å². The molecule has 2 saturated heterocycles. The summed E-state index contributed by atoms with van der Waals surface area (Å²) < 4.78 is 11.2. The van der Waals surface area contributed by atoms with E-state index in [0.29, 0.717) is 19.0 Å². The Morgan fingerprint density at radius 2 is 1.66 bits per heavy atom. The minimum absolute atomic E-state index is 0.0171. The number of para-hydroxylation sites is 1. The topological polar surface area (TPSA) is 96.9 Å². The van der Waals surface area contributed by atoms with Crippen molar-refractivity contribution >= 4 is 17.8 Å². The molecule has 0 bridgehead atoms. The number of nitrogens with zero attached hydrogens (tertiary/aromatic N) is 4. The minimum atomic E-state index is -0.516. The molecule has 0 radical (unpaired) electrons. The van der Waals surface area contributed by atoms with Gasteiger partial charge in [0.1, 0.15) is 23.5 Å². The molecule has 1 N–H and O–H groups in total. The molecule has 1 aromatic heterocycles. The van der Waals surface area contributed by atoms with Crippen molar-refractivity contribution in [1.82, 2.24) is 20.2 Å². The van der Waals surface area contributed by atoms with Gasteiger partial charge in [0.2, 0.25) is 11.8 Å². The Kier molecular flexibility index (Phi) is 7.73. The second-order valence-corrected chi connectivity index (χ2v) is 10.1. The van der Waals surface area contributed by atoms with Gasteiger partial charge in [-0.1, -0.05) is 18.2 Å². The van der Waals surface area contributed by atoms with E-state index < -0.39 is 11.7 Å². The number of benzene rings is 1. The molecule has 9 heteroatoms.